The summed E-state index contributed by atoms with van der Waals surface area (Å²) >= 11 is 4.24. The number of hydrogen-bond acceptors (Lipinski definition) is 4. The Labute approximate surface area is 122 Å². The molecule has 0 radical (unpaired) electrons. The highest BCUT2D eigenvalue weighted by Gasteiger charge is 2.21. The van der Waals surface area contributed by atoms with Crippen LogP contribution >= 0.6 is 0 Å². The van der Waals surface area contributed by atoms with E-state index in [1.165, 1.54) is 44.9 Å². The van der Waals surface area contributed by atoms with Crippen LogP contribution in [0.1, 0.15) is 51.9 Å². The lowest BCUT2D eigenvalue weighted by atomic mass is 9.77. The average molecular weight is 309 g/mol. The van der Waals surface area contributed by atoms with Gasteiger partial charge < -0.3 is 5.32 Å². The molecule has 0 spiro atoms. The van der Waals surface area contributed by atoms with Crippen molar-refractivity contribution in [2.75, 3.05) is 19.7 Å². The average Bonchev–Trinajstić information content (AvgIpc) is 2.38. The maximum Gasteiger partial charge on any atom is 0.266 e. The summed E-state index contributed by atoms with van der Waals surface area (Å²) in [7, 11) is -3.46. The second kappa shape index (κ2) is 9.23. The Morgan fingerprint density at radius 3 is 2.63 bits per heavy atom. The molecule has 0 aromatic heterocycles. The molecular formula is C13H27NO3S2. The molecule has 0 bridgehead atoms. The summed E-state index contributed by atoms with van der Waals surface area (Å²) in [6.45, 7) is 4.00. The van der Waals surface area contributed by atoms with Crippen molar-refractivity contribution in [2.45, 2.75) is 51.9 Å². The summed E-state index contributed by atoms with van der Waals surface area (Å²) in [4.78, 5) is 0. The van der Waals surface area contributed by atoms with E-state index in [1.54, 1.807) is 0 Å². The van der Waals surface area contributed by atoms with E-state index in [-0.39, 0.29) is 6.61 Å². The third kappa shape index (κ3) is 8.19. The first kappa shape index (κ1) is 17.3. The van der Waals surface area contributed by atoms with Gasteiger partial charge in [0.25, 0.3) is 9.05 Å². The predicted octanol–water partition coefficient (Wildman–Crippen LogP) is 2.72. The summed E-state index contributed by atoms with van der Waals surface area (Å²) in [5, 5.41) is 3.25. The van der Waals surface area contributed by atoms with Crippen LogP contribution in [-0.4, -0.2) is 28.5 Å². The Morgan fingerprint density at radius 1 is 1.37 bits per heavy atom. The van der Waals surface area contributed by atoms with E-state index < -0.39 is 9.05 Å². The summed E-state index contributed by atoms with van der Waals surface area (Å²) in [6.07, 6.45) is 9.42. The van der Waals surface area contributed by atoms with Crippen LogP contribution in [0.15, 0.2) is 0 Å². The van der Waals surface area contributed by atoms with Crippen LogP contribution in [0.25, 0.3) is 0 Å². The fourth-order valence-corrected chi connectivity index (χ4v) is 3.51. The van der Waals surface area contributed by atoms with Crippen LogP contribution in [0.4, 0.5) is 0 Å². The minimum Gasteiger partial charge on any atom is -0.314 e. The van der Waals surface area contributed by atoms with Crippen molar-refractivity contribution in [1.82, 2.24) is 5.32 Å². The van der Waals surface area contributed by atoms with Crippen molar-refractivity contribution in [3.8, 4) is 0 Å². The van der Waals surface area contributed by atoms with Crippen molar-refractivity contribution in [3.63, 3.8) is 0 Å². The normalized spacial score (nSPS) is 22.0. The van der Waals surface area contributed by atoms with E-state index in [2.05, 4.69) is 27.6 Å². The van der Waals surface area contributed by atoms with Gasteiger partial charge in [-0.15, -0.1) is 0 Å². The number of rotatable bonds is 9. The van der Waals surface area contributed by atoms with Crippen molar-refractivity contribution < 1.29 is 12.9 Å². The lowest BCUT2D eigenvalue weighted by Gasteiger charge is -2.29. The first-order valence-electron chi connectivity index (χ1n) is 7.35. The zero-order valence-corrected chi connectivity index (χ0v) is 13.4. The minimum absolute atomic E-state index is 0.194. The second-order valence-corrected chi connectivity index (χ2v) is 7.71. The van der Waals surface area contributed by atoms with E-state index in [1.807, 2.05) is 0 Å². The Bertz CT molecular complexity index is 327. The number of hydrogen-bond donors (Lipinski definition) is 2. The molecule has 0 aliphatic heterocycles. The van der Waals surface area contributed by atoms with Gasteiger partial charge in [0.05, 0.1) is 6.61 Å². The Hall–Kier alpha value is 0.250. The van der Waals surface area contributed by atoms with Gasteiger partial charge in [-0.25, -0.2) is 0 Å². The molecule has 1 aliphatic carbocycles. The van der Waals surface area contributed by atoms with Gasteiger partial charge in [0.2, 0.25) is 0 Å². The van der Waals surface area contributed by atoms with Gasteiger partial charge in [-0.05, 0) is 24.8 Å². The molecule has 114 valence electrons. The molecule has 1 aliphatic rings. The quantitative estimate of drug-likeness (QED) is 0.641. The molecule has 0 heterocycles. The minimum atomic E-state index is -3.46. The Kier molecular flexibility index (Phi) is 8.41. The van der Waals surface area contributed by atoms with Gasteiger partial charge in [0, 0.05) is 17.7 Å². The summed E-state index contributed by atoms with van der Waals surface area (Å²) < 4.78 is 24.1. The first-order valence-corrected chi connectivity index (χ1v) is 9.72. The molecule has 0 aromatic rings. The SMILES string of the molecule is CC[C@@H](CCNCCOS(=O)(O)=S)C1CCCCC1. The van der Waals surface area contributed by atoms with Crippen molar-refractivity contribution in [3.05, 3.63) is 0 Å². The summed E-state index contributed by atoms with van der Waals surface area (Å²) in [5.74, 6) is 1.72. The highest BCUT2D eigenvalue weighted by molar-refractivity contribution is 8.27. The van der Waals surface area contributed by atoms with Gasteiger partial charge in [0.1, 0.15) is 0 Å². The first-order chi connectivity index (χ1) is 9.03. The van der Waals surface area contributed by atoms with E-state index >= 15 is 0 Å². The molecule has 2 N–H and O–H groups in total. The van der Waals surface area contributed by atoms with Crippen LogP contribution in [0.5, 0.6) is 0 Å². The van der Waals surface area contributed by atoms with Crippen LogP contribution in [-0.2, 0) is 24.4 Å². The fourth-order valence-electron chi connectivity index (χ4n) is 3.01. The fraction of sp³-hybridized carbons (Fsp3) is 1.00. The monoisotopic (exact) mass is 309 g/mol. The molecule has 6 heteroatoms. The van der Waals surface area contributed by atoms with Crippen molar-refractivity contribution in [1.29, 1.82) is 0 Å². The highest BCUT2D eigenvalue weighted by atomic mass is 32.9. The second-order valence-electron chi connectivity index (χ2n) is 5.35. The molecule has 0 amide bonds. The molecule has 2 atom stereocenters. The molecule has 1 unspecified atom stereocenters. The standard InChI is InChI=1S/C13H27NO3S2/c1-2-12(13-6-4-3-5-7-13)8-9-14-10-11-17-19(15,16)18/h12-14H,2-11H2,1H3,(H,15,16,18)/t12-/m0/s1. The molecule has 0 aromatic carbocycles. The predicted molar refractivity (Wildman–Crippen MR) is 81.9 cm³/mol. The third-order valence-electron chi connectivity index (χ3n) is 4.04. The van der Waals surface area contributed by atoms with Gasteiger partial charge in [-0.3, -0.25) is 8.74 Å². The summed E-state index contributed by atoms with van der Waals surface area (Å²) in [6, 6.07) is 0. The van der Waals surface area contributed by atoms with Gasteiger partial charge in [-0.2, -0.15) is 4.21 Å². The van der Waals surface area contributed by atoms with Crippen molar-refractivity contribution in [2.24, 2.45) is 11.8 Å². The smallest absolute Gasteiger partial charge is 0.266 e. The van der Waals surface area contributed by atoms with Gasteiger partial charge in [0.15, 0.2) is 0 Å². The van der Waals surface area contributed by atoms with E-state index in [0.29, 0.717) is 6.54 Å². The maximum absolute atomic E-state index is 10.7. The lowest BCUT2D eigenvalue weighted by Crippen LogP contribution is -2.26. The van der Waals surface area contributed by atoms with Gasteiger partial charge >= 0.3 is 0 Å². The molecule has 1 fully saturated rings. The van der Waals surface area contributed by atoms with E-state index in [9.17, 15) is 4.21 Å². The van der Waals surface area contributed by atoms with Gasteiger partial charge in [-0.1, -0.05) is 45.4 Å². The van der Waals surface area contributed by atoms with Crippen molar-refractivity contribution >= 4 is 20.2 Å². The molecule has 19 heavy (non-hydrogen) atoms. The topological polar surface area (TPSA) is 58.6 Å². The number of nitrogens with one attached hydrogen (secondary N) is 1. The molecular weight excluding hydrogens is 282 g/mol. The third-order valence-corrected chi connectivity index (χ3v) is 4.80. The van der Waals surface area contributed by atoms with E-state index in [0.717, 1.165) is 18.4 Å². The Balaban J connectivity index is 2.09. The summed E-state index contributed by atoms with van der Waals surface area (Å²) in [5.41, 5.74) is 0. The lowest BCUT2D eigenvalue weighted by molar-refractivity contribution is 0.226. The molecule has 4 nitrogen and oxygen atoms in total. The highest BCUT2D eigenvalue weighted by Crippen LogP contribution is 2.33. The van der Waals surface area contributed by atoms with Crippen LogP contribution in [0.2, 0.25) is 0 Å². The largest absolute Gasteiger partial charge is 0.314 e. The van der Waals surface area contributed by atoms with Crippen LogP contribution in [0, 0.1) is 11.8 Å². The van der Waals surface area contributed by atoms with Crippen LogP contribution < -0.4 is 5.32 Å². The zero-order chi connectivity index (χ0) is 14.1. The zero-order valence-electron chi connectivity index (χ0n) is 11.8. The molecule has 0 saturated heterocycles. The molecule has 1 rings (SSSR count). The molecule has 1 saturated carbocycles. The van der Waals surface area contributed by atoms with E-state index in [4.69, 9.17) is 4.55 Å². The maximum atomic E-state index is 10.7. The van der Waals surface area contributed by atoms with Crippen LogP contribution in [0.3, 0.4) is 0 Å². The Morgan fingerprint density at radius 2 is 2.05 bits per heavy atom.